The molecule has 0 aliphatic carbocycles. The quantitative estimate of drug-likeness (QED) is 0.558. The van der Waals surface area contributed by atoms with Gasteiger partial charge in [-0.2, -0.15) is 0 Å². The molecule has 15 heavy (non-hydrogen) atoms. The van der Waals surface area contributed by atoms with Crippen molar-refractivity contribution in [2.75, 3.05) is 0 Å². The highest BCUT2D eigenvalue weighted by atomic mass is 16.1. The summed E-state index contributed by atoms with van der Waals surface area (Å²) >= 11 is 0. The summed E-state index contributed by atoms with van der Waals surface area (Å²) in [6.45, 7) is 0. The van der Waals surface area contributed by atoms with Gasteiger partial charge >= 0.3 is 0 Å². The number of rotatable bonds is 3. The van der Waals surface area contributed by atoms with E-state index < -0.39 is 5.92 Å². The third kappa shape index (κ3) is 1.64. The molecule has 3 nitrogen and oxygen atoms in total. The second kappa shape index (κ2) is 4.00. The summed E-state index contributed by atoms with van der Waals surface area (Å²) < 4.78 is 0. The highest BCUT2D eigenvalue weighted by molar-refractivity contribution is 5.93. The number of aromatic nitrogens is 1. The fourth-order valence-corrected chi connectivity index (χ4v) is 1.57. The number of carbonyl (C=O) groups is 2. The second-order valence-corrected chi connectivity index (χ2v) is 3.22. The third-order valence-electron chi connectivity index (χ3n) is 2.31. The second-order valence-electron chi connectivity index (χ2n) is 3.22. The van der Waals surface area contributed by atoms with E-state index >= 15 is 0 Å². The van der Waals surface area contributed by atoms with Crippen LogP contribution >= 0.6 is 0 Å². The van der Waals surface area contributed by atoms with Crippen LogP contribution in [0.5, 0.6) is 0 Å². The van der Waals surface area contributed by atoms with Gasteiger partial charge in [0.1, 0.15) is 18.5 Å². The molecular weight excluding hydrogens is 190 g/mol. The van der Waals surface area contributed by atoms with Gasteiger partial charge < -0.3 is 9.59 Å². The lowest BCUT2D eigenvalue weighted by molar-refractivity contribution is -0.116. The first kappa shape index (κ1) is 9.52. The first-order valence-electron chi connectivity index (χ1n) is 4.61. The molecule has 0 bridgehead atoms. The lowest BCUT2D eigenvalue weighted by atomic mass is 10.0. The van der Waals surface area contributed by atoms with Gasteiger partial charge in [-0.25, -0.2) is 0 Å². The summed E-state index contributed by atoms with van der Waals surface area (Å²) in [4.78, 5) is 25.5. The van der Waals surface area contributed by atoms with Crippen molar-refractivity contribution in [3.8, 4) is 0 Å². The third-order valence-corrected chi connectivity index (χ3v) is 2.31. The molecule has 3 heteroatoms. The summed E-state index contributed by atoms with van der Waals surface area (Å²) in [5, 5.41) is 1.83. The van der Waals surface area contributed by atoms with Crippen molar-refractivity contribution in [3.05, 3.63) is 42.2 Å². The van der Waals surface area contributed by atoms with Gasteiger partial charge in [-0.3, -0.25) is 4.98 Å². The Labute approximate surface area is 86.8 Å². The number of benzene rings is 1. The van der Waals surface area contributed by atoms with E-state index in [1.165, 1.54) is 0 Å². The van der Waals surface area contributed by atoms with Gasteiger partial charge in [0.2, 0.25) is 0 Å². The zero-order chi connectivity index (χ0) is 10.7. The van der Waals surface area contributed by atoms with Gasteiger partial charge in [0.25, 0.3) is 0 Å². The van der Waals surface area contributed by atoms with Crippen LogP contribution in [-0.4, -0.2) is 17.6 Å². The van der Waals surface area contributed by atoms with Crippen molar-refractivity contribution >= 4 is 23.3 Å². The molecule has 0 fully saturated rings. The van der Waals surface area contributed by atoms with Crippen LogP contribution < -0.4 is 0 Å². The number of nitrogens with zero attached hydrogens (tertiary/aromatic N) is 1. The Balaban J connectivity index is 2.69. The number of hydrogen-bond acceptors (Lipinski definition) is 3. The Kier molecular flexibility index (Phi) is 2.54. The van der Waals surface area contributed by atoms with Crippen LogP contribution in [0.3, 0.4) is 0 Å². The largest absolute Gasteiger partial charge is 0.302 e. The van der Waals surface area contributed by atoms with Crippen LogP contribution in [0.2, 0.25) is 0 Å². The molecule has 0 aliphatic rings. The average molecular weight is 199 g/mol. The van der Waals surface area contributed by atoms with Gasteiger partial charge in [0.15, 0.2) is 0 Å². The van der Waals surface area contributed by atoms with Crippen LogP contribution in [-0.2, 0) is 9.59 Å². The summed E-state index contributed by atoms with van der Waals surface area (Å²) in [5.74, 6) is -0.768. The van der Waals surface area contributed by atoms with Gasteiger partial charge in [-0.05, 0) is 11.5 Å². The molecule has 0 aliphatic heterocycles. The lowest BCUT2D eigenvalue weighted by Gasteiger charge is -2.05. The van der Waals surface area contributed by atoms with Crippen LogP contribution in [0.1, 0.15) is 11.6 Å². The molecule has 0 atom stereocenters. The van der Waals surface area contributed by atoms with E-state index in [2.05, 4.69) is 4.98 Å². The first-order chi connectivity index (χ1) is 7.36. The van der Waals surface area contributed by atoms with Crippen LogP contribution in [0, 0.1) is 0 Å². The predicted octanol–water partition coefficient (Wildman–Crippen LogP) is 1.72. The van der Waals surface area contributed by atoms with E-state index in [9.17, 15) is 9.59 Å². The molecule has 0 amide bonds. The fraction of sp³-hybridized carbons (Fsp3) is 0.0833. The van der Waals surface area contributed by atoms with Crippen molar-refractivity contribution in [3.63, 3.8) is 0 Å². The molecule has 2 aromatic rings. The average Bonchev–Trinajstić information content (AvgIpc) is 2.31. The smallest absolute Gasteiger partial charge is 0.136 e. The number of hydrogen-bond donors (Lipinski definition) is 0. The van der Waals surface area contributed by atoms with Crippen LogP contribution in [0.4, 0.5) is 0 Å². The zero-order valence-electron chi connectivity index (χ0n) is 7.96. The summed E-state index contributed by atoms with van der Waals surface area (Å²) in [6, 6.07) is 9.40. The Bertz CT molecular complexity index is 494. The molecule has 1 aromatic heterocycles. The van der Waals surface area contributed by atoms with Gasteiger partial charge in [0.05, 0.1) is 5.69 Å². The zero-order valence-corrected chi connectivity index (χ0v) is 7.96. The molecule has 0 saturated heterocycles. The highest BCUT2D eigenvalue weighted by Gasteiger charge is 2.13. The maximum atomic E-state index is 10.7. The number of fused-ring (bicyclic) bond motifs is 1. The normalized spacial score (nSPS) is 10.5. The van der Waals surface area contributed by atoms with Crippen molar-refractivity contribution in [1.82, 2.24) is 4.98 Å². The van der Waals surface area contributed by atoms with E-state index in [1.54, 1.807) is 6.20 Å². The van der Waals surface area contributed by atoms with E-state index in [0.29, 0.717) is 18.3 Å². The van der Waals surface area contributed by atoms with Gasteiger partial charge in [-0.15, -0.1) is 0 Å². The molecule has 74 valence electrons. The molecule has 0 N–H and O–H groups in total. The molecule has 1 heterocycles. The molecule has 0 unspecified atom stereocenters. The summed E-state index contributed by atoms with van der Waals surface area (Å²) in [7, 11) is 0. The Morgan fingerprint density at radius 1 is 1.07 bits per heavy atom. The summed E-state index contributed by atoms with van der Waals surface area (Å²) in [6.07, 6.45) is 2.83. The van der Waals surface area contributed by atoms with Gasteiger partial charge in [0, 0.05) is 11.6 Å². The molecular formula is C12H9NO2. The Hall–Kier alpha value is -2.03. The Morgan fingerprint density at radius 2 is 1.80 bits per heavy atom. The predicted molar refractivity (Wildman–Crippen MR) is 56.6 cm³/mol. The van der Waals surface area contributed by atoms with Crippen molar-refractivity contribution in [2.24, 2.45) is 0 Å². The monoisotopic (exact) mass is 199 g/mol. The maximum Gasteiger partial charge on any atom is 0.136 e. The minimum absolute atomic E-state index is 0.526. The van der Waals surface area contributed by atoms with Crippen molar-refractivity contribution < 1.29 is 9.59 Å². The van der Waals surface area contributed by atoms with E-state index in [4.69, 9.17) is 0 Å². The van der Waals surface area contributed by atoms with E-state index in [1.807, 2.05) is 30.3 Å². The standard InChI is InChI=1S/C12H9NO2/c14-7-10(8-15)12-11-4-2-1-3-9(11)5-6-13-12/h1-8,10H. The maximum absolute atomic E-state index is 10.7. The topological polar surface area (TPSA) is 47.0 Å². The molecule has 0 saturated carbocycles. The highest BCUT2D eigenvalue weighted by Crippen LogP contribution is 2.20. The SMILES string of the molecule is O=CC(C=O)c1nccc2ccccc12. The minimum Gasteiger partial charge on any atom is -0.302 e. The molecule has 1 aromatic carbocycles. The molecule has 0 radical (unpaired) electrons. The lowest BCUT2D eigenvalue weighted by Crippen LogP contribution is -2.04. The van der Waals surface area contributed by atoms with Crippen LogP contribution in [0.25, 0.3) is 10.8 Å². The summed E-state index contributed by atoms with van der Waals surface area (Å²) in [5.41, 5.74) is 0.526. The van der Waals surface area contributed by atoms with Crippen molar-refractivity contribution in [1.29, 1.82) is 0 Å². The van der Waals surface area contributed by atoms with E-state index in [0.717, 1.165) is 10.8 Å². The van der Waals surface area contributed by atoms with Gasteiger partial charge in [-0.1, -0.05) is 24.3 Å². The van der Waals surface area contributed by atoms with Crippen molar-refractivity contribution in [2.45, 2.75) is 5.92 Å². The van der Waals surface area contributed by atoms with Crippen LogP contribution in [0.15, 0.2) is 36.5 Å². The first-order valence-corrected chi connectivity index (χ1v) is 4.61. The fourth-order valence-electron chi connectivity index (χ4n) is 1.57. The van der Waals surface area contributed by atoms with E-state index in [-0.39, 0.29) is 0 Å². The molecule has 0 spiro atoms. The Morgan fingerprint density at radius 3 is 2.53 bits per heavy atom. The molecule has 2 rings (SSSR count). The number of carbonyl (C=O) groups excluding carboxylic acids is 2. The minimum atomic E-state index is -0.768. The number of pyridine rings is 1. The number of aldehydes is 2.